The van der Waals surface area contributed by atoms with Gasteiger partial charge in [0, 0.05) is 6.20 Å². The molecule has 2 rings (SSSR count). The minimum atomic E-state index is -0.852. The van der Waals surface area contributed by atoms with E-state index in [1.807, 2.05) is 0 Å². The number of nitrogens with zero attached hydrogens (tertiary/aromatic N) is 2. The second-order valence-corrected chi connectivity index (χ2v) is 3.03. The molecule has 0 aromatic carbocycles. The SMILES string of the molecule is Cc1nc(-c2ccccn2)[nH]c(=O)c1F. The Bertz CT molecular complexity index is 536. The fourth-order valence-electron chi connectivity index (χ4n) is 1.20. The summed E-state index contributed by atoms with van der Waals surface area (Å²) in [5, 5.41) is 0. The number of H-pyrrole nitrogens is 1. The van der Waals surface area contributed by atoms with Crippen LogP contribution in [0.4, 0.5) is 4.39 Å². The molecule has 0 unspecified atom stereocenters. The zero-order chi connectivity index (χ0) is 10.8. The highest BCUT2D eigenvalue weighted by Crippen LogP contribution is 2.09. The first-order valence-corrected chi connectivity index (χ1v) is 4.36. The number of hydrogen-bond acceptors (Lipinski definition) is 3. The van der Waals surface area contributed by atoms with Gasteiger partial charge >= 0.3 is 0 Å². The van der Waals surface area contributed by atoms with E-state index in [4.69, 9.17) is 0 Å². The molecule has 5 heteroatoms. The zero-order valence-corrected chi connectivity index (χ0v) is 7.99. The van der Waals surface area contributed by atoms with E-state index in [0.29, 0.717) is 5.69 Å². The maximum absolute atomic E-state index is 13.0. The highest BCUT2D eigenvalue weighted by molar-refractivity contribution is 5.47. The topological polar surface area (TPSA) is 58.6 Å². The minimum Gasteiger partial charge on any atom is -0.303 e. The molecular formula is C10H8FN3O. The molecular weight excluding hydrogens is 197 g/mol. The third-order valence-electron chi connectivity index (χ3n) is 1.94. The fraction of sp³-hybridized carbons (Fsp3) is 0.100. The highest BCUT2D eigenvalue weighted by Gasteiger charge is 2.08. The van der Waals surface area contributed by atoms with Crippen LogP contribution in [0.25, 0.3) is 11.5 Å². The quantitative estimate of drug-likeness (QED) is 0.762. The van der Waals surface area contributed by atoms with Gasteiger partial charge < -0.3 is 4.98 Å². The molecule has 0 bridgehead atoms. The number of rotatable bonds is 1. The van der Waals surface area contributed by atoms with Crippen molar-refractivity contribution in [3.05, 3.63) is 46.3 Å². The smallest absolute Gasteiger partial charge is 0.287 e. The van der Waals surface area contributed by atoms with Gasteiger partial charge in [0.25, 0.3) is 5.56 Å². The van der Waals surface area contributed by atoms with Crippen LogP contribution in [-0.2, 0) is 0 Å². The van der Waals surface area contributed by atoms with Crippen molar-refractivity contribution in [1.82, 2.24) is 15.0 Å². The van der Waals surface area contributed by atoms with E-state index in [2.05, 4.69) is 15.0 Å². The Kier molecular flexibility index (Phi) is 2.29. The monoisotopic (exact) mass is 205 g/mol. The van der Waals surface area contributed by atoms with Crippen LogP contribution >= 0.6 is 0 Å². The number of aromatic nitrogens is 3. The third-order valence-corrected chi connectivity index (χ3v) is 1.94. The second-order valence-electron chi connectivity index (χ2n) is 3.03. The van der Waals surface area contributed by atoms with Crippen LogP contribution in [0, 0.1) is 12.7 Å². The molecule has 4 nitrogen and oxygen atoms in total. The van der Waals surface area contributed by atoms with Crippen LogP contribution in [0.2, 0.25) is 0 Å². The highest BCUT2D eigenvalue weighted by atomic mass is 19.1. The van der Waals surface area contributed by atoms with E-state index in [1.54, 1.807) is 24.4 Å². The summed E-state index contributed by atoms with van der Waals surface area (Å²) in [4.78, 5) is 21.4. The summed E-state index contributed by atoms with van der Waals surface area (Å²) in [5.41, 5.74) is -0.194. The molecule has 0 amide bonds. The van der Waals surface area contributed by atoms with Gasteiger partial charge in [0.1, 0.15) is 5.69 Å². The molecule has 0 saturated heterocycles. The van der Waals surface area contributed by atoms with Crippen molar-refractivity contribution < 1.29 is 4.39 Å². The Balaban J connectivity index is 2.61. The number of nitrogens with one attached hydrogen (secondary N) is 1. The van der Waals surface area contributed by atoms with Crippen molar-refractivity contribution in [3.8, 4) is 11.5 Å². The molecule has 0 radical (unpaired) electrons. The lowest BCUT2D eigenvalue weighted by atomic mass is 10.3. The van der Waals surface area contributed by atoms with Crippen LogP contribution in [-0.4, -0.2) is 15.0 Å². The molecule has 2 aromatic rings. The zero-order valence-electron chi connectivity index (χ0n) is 7.99. The van der Waals surface area contributed by atoms with Gasteiger partial charge in [0.05, 0.1) is 5.69 Å². The molecule has 0 spiro atoms. The fourth-order valence-corrected chi connectivity index (χ4v) is 1.20. The maximum atomic E-state index is 13.0. The molecule has 1 N–H and O–H groups in total. The van der Waals surface area contributed by atoms with Crippen LogP contribution in [0.5, 0.6) is 0 Å². The number of aryl methyl sites for hydroxylation is 1. The normalized spacial score (nSPS) is 10.3. The average molecular weight is 205 g/mol. The van der Waals surface area contributed by atoms with Crippen molar-refractivity contribution in [2.45, 2.75) is 6.92 Å². The van der Waals surface area contributed by atoms with Gasteiger partial charge in [-0.25, -0.2) is 4.98 Å². The van der Waals surface area contributed by atoms with Crippen LogP contribution in [0.1, 0.15) is 5.69 Å². The number of pyridine rings is 1. The van der Waals surface area contributed by atoms with E-state index in [0.717, 1.165) is 0 Å². The Hall–Kier alpha value is -2.04. The van der Waals surface area contributed by atoms with E-state index in [9.17, 15) is 9.18 Å². The van der Waals surface area contributed by atoms with E-state index in [-0.39, 0.29) is 11.5 Å². The summed E-state index contributed by atoms with van der Waals surface area (Å²) in [5.74, 6) is -0.575. The third kappa shape index (κ3) is 1.76. The molecule has 0 aliphatic carbocycles. The molecule has 15 heavy (non-hydrogen) atoms. The molecule has 0 aliphatic rings. The second kappa shape index (κ2) is 3.61. The summed E-state index contributed by atoms with van der Waals surface area (Å²) in [6.45, 7) is 1.44. The van der Waals surface area contributed by atoms with Crippen LogP contribution in [0.15, 0.2) is 29.2 Å². The van der Waals surface area contributed by atoms with Gasteiger partial charge in [0.2, 0.25) is 5.82 Å². The Labute approximate surface area is 84.8 Å². The summed E-state index contributed by atoms with van der Waals surface area (Å²) in [6, 6.07) is 5.20. The predicted octanol–water partition coefficient (Wildman–Crippen LogP) is 1.28. The Morgan fingerprint density at radius 1 is 1.40 bits per heavy atom. The number of aromatic amines is 1. The van der Waals surface area contributed by atoms with Crippen molar-refractivity contribution >= 4 is 0 Å². The lowest BCUT2D eigenvalue weighted by Crippen LogP contribution is -2.15. The molecule has 0 aliphatic heterocycles. The average Bonchev–Trinajstić information content (AvgIpc) is 2.26. The summed E-state index contributed by atoms with van der Waals surface area (Å²) < 4.78 is 13.0. The lowest BCUT2D eigenvalue weighted by molar-refractivity contribution is 0.589. The first-order valence-electron chi connectivity index (χ1n) is 4.36. The molecule has 0 atom stereocenters. The van der Waals surface area contributed by atoms with Crippen molar-refractivity contribution in [2.24, 2.45) is 0 Å². The standard InChI is InChI=1S/C10H8FN3O/c1-6-8(11)10(15)14-9(13-6)7-4-2-3-5-12-7/h2-5H,1H3,(H,13,14,15). The van der Waals surface area contributed by atoms with E-state index < -0.39 is 11.4 Å². The molecule has 76 valence electrons. The summed E-state index contributed by atoms with van der Waals surface area (Å²) >= 11 is 0. The van der Waals surface area contributed by atoms with Gasteiger partial charge in [-0.3, -0.25) is 9.78 Å². The lowest BCUT2D eigenvalue weighted by Gasteiger charge is -2.00. The Morgan fingerprint density at radius 3 is 2.80 bits per heavy atom. The van der Waals surface area contributed by atoms with E-state index in [1.165, 1.54) is 6.92 Å². The van der Waals surface area contributed by atoms with Crippen molar-refractivity contribution in [3.63, 3.8) is 0 Å². The van der Waals surface area contributed by atoms with Crippen LogP contribution in [0.3, 0.4) is 0 Å². The number of hydrogen-bond donors (Lipinski definition) is 1. The van der Waals surface area contributed by atoms with E-state index >= 15 is 0 Å². The summed E-state index contributed by atoms with van der Waals surface area (Å²) in [6.07, 6.45) is 1.58. The predicted molar refractivity (Wildman–Crippen MR) is 52.8 cm³/mol. The largest absolute Gasteiger partial charge is 0.303 e. The maximum Gasteiger partial charge on any atom is 0.287 e. The molecule has 2 heterocycles. The van der Waals surface area contributed by atoms with Gasteiger partial charge in [0.15, 0.2) is 5.82 Å². The van der Waals surface area contributed by atoms with Gasteiger partial charge in [-0.2, -0.15) is 4.39 Å². The first kappa shape index (κ1) is 9.51. The molecule has 2 aromatic heterocycles. The summed E-state index contributed by atoms with van der Waals surface area (Å²) in [7, 11) is 0. The Morgan fingerprint density at radius 2 is 2.20 bits per heavy atom. The van der Waals surface area contributed by atoms with Gasteiger partial charge in [-0.15, -0.1) is 0 Å². The van der Waals surface area contributed by atoms with Crippen molar-refractivity contribution in [2.75, 3.05) is 0 Å². The van der Waals surface area contributed by atoms with Crippen molar-refractivity contribution in [1.29, 1.82) is 0 Å². The number of halogens is 1. The minimum absolute atomic E-state index is 0.0689. The van der Waals surface area contributed by atoms with Crippen LogP contribution < -0.4 is 5.56 Å². The molecule has 0 fully saturated rings. The van der Waals surface area contributed by atoms with Gasteiger partial charge in [-0.05, 0) is 19.1 Å². The van der Waals surface area contributed by atoms with Gasteiger partial charge in [-0.1, -0.05) is 6.07 Å². The first-order chi connectivity index (χ1) is 7.18. The molecule has 0 saturated carbocycles.